The molecule has 0 atom stereocenters. The summed E-state index contributed by atoms with van der Waals surface area (Å²) in [5.41, 5.74) is 9.44. The zero-order chi connectivity index (χ0) is 38.4. The number of pyridine rings is 1. The van der Waals surface area contributed by atoms with Gasteiger partial charge in [-0.2, -0.15) is 0 Å². The molecule has 0 aliphatic rings. The Morgan fingerprint density at radius 2 is 0.759 bits per heavy atom. The van der Waals surface area contributed by atoms with Crippen LogP contribution in [0.1, 0.15) is 0 Å². The Balaban J connectivity index is 1.18. The number of hydrogen-bond acceptors (Lipinski definition) is 4. The van der Waals surface area contributed by atoms with Gasteiger partial charge in [-0.25, -0.2) is 15.0 Å². The predicted octanol–water partition coefficient (Wildman–Crippen LogP) is 13.9. The van der Waals surface area contributed by atoms with Gasteiger partial charge in [-0.05, 0) is 107 Å². The topological polar surface area (TPSA) is 51.6 Å². The first kappa shape index (κ1) is 33.5. The van der Waals surface area contributed by atoms with Crippen LogP contribution in [0.2, 0.25) is 0 Å². The van der Waals surface area contributed by atoms with E-state index in [1.807, 2.05) is 12.3 Å². The Kier molecular flexibility index (Phi) is 8.11. The van der Waals surface area contributed by atoms with Gasteiger partial charge in [0.15, 0.2) is 17.5 Å². The Hall–Kier alpha value is -7.82. The van der Waals surface area contributed by atoms with Crippen LogP contribution in [0.4, 0.5) is 0 Å². The van der Waals surface area contributed by atoms with Gasteiger partial charge in [0.2, 0.25) is 0 Å². The highest BCUT2D eigenvalue weighted by atomic mass is 15.0. The van der Waals surface area contributed by atoms with Gasteiger partial charge in [0.05, 0.1) is 0 Å². The third-order valence-electron chi connectivity index (χ3n) is 11.2. The first-order valence-electron chi connectivity index (χ1n) is 19.5. The van der Waals surface area contributed by atoms with Crippen molar-refractivity contribution in [2.45, 2.75) is 0 Å². The second-order valence-electron chi connectivity index (χ2n) is 14.7. The summed E-state index contributed by atoms with van der Waals surface area (Å²) in [7, 11) is 0. The summed E-state index contributed by atoms with van der Waals surface area (Å²) < 4.78 is 0. The van der Waals surface area contributed by atoms with Crippen molar-refractivity contribution >= 4 is 43.1 Å². The fourth-order valence-corrected chi connectivity index (χ4v) is 8.35. The molecule has 11 aromatic rings. The lowest BCUT2D eigenvalue weighted by molar-refractivity contribution is 1.08. The maximum Gasteiger partial charge on any atom is 0.164 e. The minimum absolute atomic E-state index is 0.612. The van der Waals surface area contributed by atoms with Gasteiger partial charge in [-0.3, -0.25) is 4.98 Å². The smallest absolute Gasteiger partial charge is 0.164 e. The molecule has 0 fully saturated rings. The van der Waals surface area contributed by atoms with Crippen LogP contribution < -0.4 is 0 Å². The van der Waals surface area contributed by atoms with Crippen molar-refractivity contribution < 1.29 is 0 Å². The summed E-state index contributed by atoms with van der Waals surface area (Å²) >= 11 is 0. The molecule has 11 rings (SSSR count). The molecular weight excluding hydrogens is 705 g/mol. The first-order chi connectivity index (χ1) is 28.7. The molecule has 0 unspecified atom stereocenters. The van der Waals surface area contributed by atoms with E-state index in [0.29, 0.717) is 17.5 Å². The Morgan fingerprint density at radius 1 is 0.259 bits per heavy atom. The van der Waals surface area contributed by atoms with E-state index in [-0.39, 0.29) is 0 Å². The molecule has 0 aliphatic heterocycles. The third kappa shape index (κ3) is 5.96. The van der Waals surface area contributed by atoms with Crippen LogP contribution in [0.3, 0.4) is 0 Å². The number of hydrogen-bond donors (Lipinski definition) is 0. The van der Waals surface area contributed by atoms with Gasteiger partial charge in [0.25, 0.3) is 0 Å². The van der Waals surface area contributed by atoms with Crippen molar-refractivity contribution in [1.29, 1.82) is 0 Å². The fraction of sp³-hybridized carbons (Fsp3) is 0. The molecule has 0 amide bonds. The Bertz CT molecular complexity index is 3230. The molecule has 58 heavy (non-hydrogen) atoms. The van der Waals surface area contributed by atoms with E-state index in [0.717, 1.165) is 71.6 Å². The van der Waals surface area contributed by atoms with Crippen molar-refractivity contribution in [3.05, 3.63) is 207 Å². The number of fused-ring (bicyclic) bond motifs is 5. The molecule has 0 radical (unpaired) electrons. The van der Waals surface area contributed by atoms with Crippen LogP contribution in [0.15, 0.2) is 207 Å². The molecule has 0 saturated carbocycles. The van der Waals surface area contributed by atoms with Crippen LogP contribution in [0.5, 0.6) is 0 Å². The highest BCUT2D eigenvalue weighted by molar-refractivity contribution is 6.14. The van der Waals surface area contributed by atoms with Gasteiger partial charge in [0, 0.05) is 29.1 Å². The van der Waals surface area contributed by atoms with E-state index in [2.05, 4.69) is 193 Å². The maximum atomic E-state index is 5.34. The molecule has 2 aromatic heterocycles. The minimum Gasteiger partial charge on any atom is -0.264 e. The van der Waals surface area contributed by atoms with E-state index >= 15 is 0 Å². The fourth-order valence-electron chi connectivity index (χ4n) is 8.35. The summed E-state index contributed by atoms with van der Waals surface area (Å²) in [5.74, 6) is 1.88. The molecule has 0 N–H and O–H groups in total. The molecule has 4 heteroatoms. The number of aromatic nitrogens is 4. The largest absolute Gasteiger partial charge is 0.264 e. The highest BCUT2D eigenvalue weighted by Crippen LogP contribution is 2.40. The summed E-state index contributed by atoms with van der Waals surface area (Å²) in [6.45, 7) is 0. The van der Waals surface area contributed by atoms with Crippen molar-refractivity contribution in [3.63, 3.8) is 0 Å². The van der Waals surface area contributed by atoms with E-state index in [9.17, 15) is 0 Å². The third-order valence-corrected chi connectivity index (χ3v) is 11.2. The SMILES string of the molecule is c1cncc(-c2ccc(-c3cc(-c4nc(-c5cccc6ccccc56)nc(-c5cccc6ccccc56)n4)cc(-c4cc5ccccc5c5ccccc45)c3)cc2)c1. The lowest BCUT2D eigenvalue weighted by atomic mass is 9.90. The van der Waals surface area contributed by atoms with Crippen molar-refractivity contribution in [3.8, 4) is 67.5 Å². The number of rotatable bonds is 6. The Morgan fingerprint density at radius 3 is 1.40 bits per heavy atom. The zero-order valence-corrected chi connectivity index (χ0v) is 31.4. The molecule has 0 bridgehead atoms. The van der Waals surface area contributed by atoms with Crippen molar-refractivity contribution in [2.75, 3.05) is 0 Å². The molecule has 0 aliphatic carbocycles. The second-order valence-corrected chi connectivity index (χ2v) is 14.7. The van der Waals surface area contributed by atoms with Crippen LogP contribution in [-0.2, 0) is 0 Å². The average molecular weight is 739 g/mol. The number of nitrogens with zero attached hydrogens (tertiary/aromatic N) is 4. The first-order valence-corrected chi connectivity index (χ1v) is 19.5. The molecule has 2 heterocycles. The normalized spacial score (nSPS) is 11.4. The standard InChI is InChI=1S/C54H34N4/c1-4-18-44-37(12-1)15-9-23-49(44)53-56-52(57-54(58-53)50-24-10-16-38-13-2-5-19-45(38)50)43-31-41(36-27-25-35(26-28-36)40-17-11-29-55-34-40)30-42(32-43)51-33-39-14-3-6-20-46(39)47-21-7-8-22-48(47)51/h1-34H. The van der Waals surface area contributed by atoms with Crippen LogP contribution in [0.25, 0.3) is 111 Å². The van der Waals surface area contributed by atoms with Crippen LogP contribution >= 0.6 is 0 Å². The van der Waals surface area contributed by atoms with Crippen molar-refractivity contribution in [1.82, 2.24) is 19.9 Å². The monoisotopic (exact) mass is 738 g/mol. The Labute approximate surface area is 335 Å². The quantitative estimate of drug-likeness (QED) is 0.159. The molecule has 9 aromatic carbocycles. The minimum atomic E-state index is 0.612. The maximum absolute atomic E-state index is 5.34. The lowest BCUT2D eigenvalue weighted by Crippen LogP contribution is -2.01. The van der Waals surface area contributed by atoms with Gasteiger partial charge in [-0.15, -0.1) is 0 Å². The molecule has 0 spiro atoms. The number of benzene rings is 9. The van der Waals surface area contributed by atoms with Crippen LogP contribution in [0, 0.1) is 0 Å². The van der Waals surface area contributed by atoms with Crippen LogP contribution in [-0.4, -0.2) is 19.9 Å². The molecular formula is C54H34N4. The zero-order valence-electron chi connectivity index (χ0n) is 31.4. The summed E-state index contributed by atoms with van der Waals surface area (Å²) in [6, 6.07) is 68.7. The summed E-state index contributed by atoms with van der Waals surface area (Å²) in [5, 5.41) is 9.31. The van der Waals surface area contributed by atoms with Gasteiger partial charge >= 0.3 is 0 Å². The van der Waals surface area contributed by atoms with Gasteiger partial charge in [-0.1, -0.05) is 164 Å². The molecule has 0 saturated heterocycles. The predicted molar refractivity (Wildman–Crippen MR) is 240 cm³/mol. The average Bonchev–Trinajstić information content (AvgIpc) is 3.31. The molecule has 270 valence electrons. The molecule has 4 nitrogen and oxygen atoms in total. The van der Waals surface area contributed by atoms with Crippen molar-refractivity contribution in [2.24, 2.45) is 0 Å². The highest BCUT2D eigenvalue weighted by Gasteiger charge is 2.18. The summed E-state index contributed by atoms with van der Waals surface area (Å²) in [6.07, 6.45) is 3.71. The second kappa shape index (κ2) is 14.0. The van der Waals surface area contributed by atoms with E-state index in [4.69, 9.17) is 15.0 Å². The lowest BCUT2D eigenvalue weighted by Gasteiger charge is -2.16. The van der Waals surface area contributed by atoms with Gasteiger partial charge < -0.3 is 0 Å². The van der Waals surface area contributed by atoms with E-state index in [1.165, 1.54) is 21.5 Å². The summed E-state index contributed by atoms with van der Waals surface area (Å²) in [4.78, 5) is 20.3. The van der Waals surface area contributed by atoms with E-state index in [1.54, 1.807) is 6.20 Å². The van der Waals surface area contributed by atoms with Gasteiger partial charge in [0.1, 0.15) is 0 Å². The van der Waals surface area contributed by atoms with E-state index < -0.39 is 0 Å².